The second-order valence-corrected chi connectivity index (χ2v) is 6.93. The van der Waals surface area contributed by atoms with Gasteiger partial charge in [-0.2, -0.15) is 5.10 Å². The lowest BCUT2D eigenvalue weighted by Crippen LogP contribution is -2.36. The van der Waals surface area contributed by atoms with Crippen LogP contribution in [-0.4, -0.2) is 22.2 Å². The summed E-state index contributed by atoms with van der Waals surface area (Å²) in [4.78, 5) is 12.4. The lowest BCUT2D eigenvalue weighted by Gasteiger charge is -2.19. The highest BCUT2D eigenvalue weighted by molar-refractivity contribution is 5.85. The van der Waals surface area contributed by atoms with Gasteiger partial charge in [0.1, 0.15) is 5.82 Å². The summed E-state index contributed by atoms with van der Waals surface area (Å²) in [6.07, 6.45) is 1.52. The number of benzene rings is 2. The summed E-state index contributed by atoms with van der Waals surface area (Å²) in [5.74, 6) is 0.272. The number of halogens is 2. The van der Waals surface area contributed by atoms with Gasteiger partial charge >= 0.3 is 0 Å². The lowest BCUT2D eigenvalue weighted by molar-refractivity contribution is -0.125. The van der Waals surface area contributed by atoms with Crippen LogP contribution in [0.2, 0.25) is 0 Å². The molecule has 0 fully saturated rings. The maximum Gasteiger partial charge on any atom is 0.224 e. The highest BCUT2D eigenvalue weighted by Crippen LogP contribution is 2.19. The van der Waals surface area contributed by atoms with Crippen LogP contribution in [0.4, 0.5) is 5.82 Å². The van der Waals surface area contributed by atoms with Crippen molar-refractivity contribution in [1.29, 1.82) is 0 Å². The van der Waals surface area contributed by atoms with Crippen molar-refractivity contribution in [2.75, 3.05) is 12.3 Å². The van der Waals surface area contributed by atoms with Gasteiger partial charge in [0.15, 0.2) is 0 Å². The highest BCUT2D eigenvalue weighted by Gasteiger charge is 2.21. The van der Waals surface area contributed by atoms with Crippen molar-refractivity contribution in [3.8, 4) is 5.69 Å². The van der Waals surface area contributed by atoms with Gasteiger partial charge in [-0.1, -0.05) is 55.5 Å². The summed E-state index contributed by atoms with van der Waals surface area (Å²) in [5.41, 5.74) is 15.1. The zero-order valence-electron chi connectivity index (χ0n) is 16.9. The fourth-order valence-electron chi connectivity index (χ4n) is 3.11. The van der Waals surface area contributed by atoms with Crippen molar-refractivity contribution in [1.82, 2.24) is 15.1 Å². The van der Waals surface area contributed by atoms with E-state index < -0.39 is 0 Å². The summed E-state index contributed by atoms with van der Waals surface area (Å²) < 4.78 is 1.73. The van der Waals surface area contributed by atoms with E-state index in [-0.39, 0.29) is 42.7 Å². The predicted octanol–water partition coefficient (Wildman–Crippen LogP) is 3.68. The van der Waals surface area contributed by atoms with Gasteiger partial charge in [0, 0.05) is 18.7 Å². The number of nitrogens with one attached hydrogen (secondary N) is 1. The third-order valence-electron chi connectivity index (χ3n) is 4.83. The van der Waals surface area contributed by atoms with Gasteiger partial charge in [0.2, 0.25) is 5.91 Å². The van der Waals surface area contributed by atoms with E-state index in [1.165, 1.54) is 0 Å². The number of amides is 1. The van der Waals surface area contributed by atoms with Gasteiger partial charge in [-0.15, -0.1) is 24.8 Å². The van der Waals surface area contributed by atoms with E-state index in [0.717, 1.165) is 29.8 Å². The second kappa shape index (κ2) is 12.2. The number of carbonyl (C=O) groups excluding carboxylic acids is 1. The first-order valence-corrected chi connectivity index (χ1v) is 9.54. The van der Waals surface area contributed by atoms with Crippen LogP contribution in [0.3, 0.4) is 0 Å². The molecule has 30 heavy (non-hydrogen) atoms. The number of nitrogen functional groups attached to an aromatic ring is 1. The molecule has 1 amide bonds. The first-order chi connectivity index (χ1) is 13.6. The summed E-state index contributed by atoms with van der Waals surface area (Å²) in [6.45, 7) is 2.43. The largest absolute Gasteiger partial charge is 0.384 e. The van der Waals surface area contributed by atoms with Crippen LogP contribution in [0, 0.1) is 5.92 Å². The standard InChI is InChI=1S/C22H27N5O.2ClH/c1-16(21(24)17-9-4-2-5-10-17)22(28)25-14-8-11-18-15-20(23)27(26-18)19-12-6-3-7-13-19;;/h2-7,9-10,12-13,15-16,21H,8,11,14,23-24H2,1H3,(H,25,28);2*1H. The molecule has 1 aromatic heterocycles. The predicted molar refractivity (Wildman–Crippen MR) is 126 cm³/mol. The minimum absolute atomic E-state index is 0. The first kappa shape index (κ1) is 25.5. The molecule has 0 aliphatic carbocycles. The molecule has 3 rings (SSSR count). The SMILES string of the molecule is CC(C(=O)NCCCc1cc(N)n(-c2ccccc2)n1)C(N)c1ccccc1.Cl.Cl. The van der Waals surface area contributed by atoms with E-state index in [0.29, 0.717) is 12.4 Å². The van der Waals surface area contributed by atoms with Crippen LogP contribution in [0.5, 0.6) is 0 Å². The van der Waals surface area contributed by atoms with Crippen molar-refractivity contribution in [2.24, 2.45) is 11.7 Å². The van der Waals surface area contributed by atoms with Gasteiger partial charge in [-0.05, 0) is 30.5 Å². The molecule has 3 aromatic rings. The fraction of sp³-hybridized carbons (Fsp3) is 0.273. The van der Waals surface area contributed by atoms with Gasteiger partial charge in [0.05, 0.1) is 17.3 Å². The molecule has 0 aliphatic rings. The zero-order valence-corrected chi connectivity index (χ0v) is 18.5. The Bertz CT molecular complexity index is 902. The maximum absolute atomic E-state index is 12.4. The Morgan fingerprint density at radius 3 is 2.30 bits per heavy atom. The number of carbonyl (C=O) groups is 1. The Labute approximate surface area is 189 Å². The number of hydrogen-bond acceptors (Lipinski definition) is 4. The van der Waals surface area contributed by atoms with Crippen LogP contribution in [0.25, 0.3) is 5.69 Å². The van der Waals surface area contributed by atoms with E-state index >= 15 is 0 Å². The molecule has 6 nitrogen and oxygen atoms in total. The Hall–Kier alpha value is -2.54. The molecule has 0 saturated carbocycles. The highest BCUT2D eigenvalue weighted by atomic mass is 35.5. The van der Waals surface area contributed by atoms with E-state index in [9.17, 15) is 4.79 Å². The number of hydrogen-bond donors (Lipinski definition) is 3. The number of para-hydroxylation sites is 1. The average Bonchev–Trinajstić information content (AvgIpc) is 3.11. The number of aryl methyl sites for hydroxylation is 1. The number of nitrogens with zero attached hydrogens (tertiary/aromatic N) is 2. The molecule has 0 bridgehead atoms. The van der Waals surface area contributed by atoms with Crippen molar-refractivity contribution in [3.05, 3.63) is 78.0 Å². The summed E-state index contributed by atoms with van der Waals surface area (Å²) in [5, 5.41) is 7.53. The Morgan fingerprint density at radius 2 is 1.67 bits per heavy atom. The van der Waals surface area contributed by atoms with Crippen molar-refractivity contribution in [3.63, 3.8) is 0 Å². The molecule has 8 heteroatoms. The lowest BCUT2D eigenvalue weighted by atomic mass is 9.94. The van der Waals surface area contributed by atoms with E-state index in [4.69, 9.17) is 11.5 Å². The smallest absolute Gasteiger partial charge is 0.224 e. The van der Waals surface area contributed by atoms with E-state index in [1.807, 2.05) is 73.7 Å². The number of aromatic nitrogens is 2. The topological polar surface area (TPSA) is 99.0 Å². The molecule has 2 aromatic carbocycles. The van der Waals surface area contributed by atoms with Crippen LogP contribution in [0.15, 0.2) is 66.7 Å². The first-order valence-electron chi connectivity index (χ1n) is 9.54. The molecule has 0 saturated heterocycles. The molecule has 0 radical (unpaired) electrons. The minimum atomic E-state index is -0.317. The van der Waals surface area contributed by atoms with Crippen LogP contribution in [0.1, 0.15) is 30.6 Å². The molecule has 162 valence electrons. The van der Waals surface area contributed by atoms with Crippen LogP contribution in [-0.2, 0) is 11.2 Å². The Kier molecular flexibility index (Phi) is 10.4. The zero-order chi connectivity index (χ0) is 19.9. The molecule has 1 heterocycles. The van der Waals surface area contributed by atoms with Gasteiger partial charge in [-0.25, -0.2) is 4.68 Å². The van der Waals surface area contributed by atoms with E-state index in [2.05, 4.69) is 10.4 Å². The third kappa shape index (κ3) is 6.49. The maximum atomic E-state index is 12.4. The average molecular weight is 450 g/mol. The minimum Gasteiger partial charge on any atom is -0.384 e. The van der Waals surface area contributed by atoms with Crippen molar-refractivity contribution in [2.45, 2.75) is 25.8 Å². The summed E-state index contributed by atoms with van der Waals surface area (Å²) in [6, 6.07) is 21.0. The number of nitrogens with two attached hydrogens (primary N) is 2. The Morgan fingerprint density at radius 1 is 1.07 bits per heavy atom. The molecule has 0 spiro atoms. The molecule has 2 atom stereocenters. The second-order valence-electron chi connectivity index (χ2n) is 6.93. The summed E-state index contributed by atoms with van der Waals surface area (Å²) >= 11 is 0. The van der Waals surface area contributed by atoms with Gasteiger partial charge in [0.25, 0.3) is 0 Å². The van der Waals surface area contributed by atoms with Crippen LogP contribution >= 0.6 is 24.8 Å². The number of rotatable bonds is 8. The van der Waals surface area contributed by atoms with Gasteiger partial charge < -0.3 is 16.8 Å². The van der Waals surface area contributed by atoms with Crippen LogP contribution < -0.4 is 16.8 Å². The summed E-state index contributed by atoms with van der Waals surface area (Å²) in [7, 11) is 0. The molecule has 0 aliphatic heterocycles. The molecule has 5 N–H and O–H groups in total. The molecular formula is C22H29Cl2N5O. The fourth-order valence-corrected chi connectivity index (χ4v) is 3.11. The molecule has 2 unspecified atom stereocenters. The monoisotopic (exact) mass is 449 g/mol. The molecular weight excluding hydrogens is 421 g/mol. The quantitative estimate of drug-likeness (QED) is 0.456. The number of anilines is 1. The van der Waals surface area contributed by atoms with E-state index in [1.54, 1.807) is 4.68 Å². The van der Waals surface area contributed by atoms with Crippen molar-refractivity contribution < 1.29 is 4.79 Å². The van der Waals surface area contributed by atoms with Crippen molar-refractivity contribution >= 4 is 36.5 Å². The van der Waals surface area contributed by atoms with Gasteiger partial charge in [-0.3, -0.25) is 4.79 Å². The third-order valence-corrected chi connectivity index (χ3v) is 4.83. The Balaban J connectivity index is 0.00000225. The normalized spacial score (nSPS) is 12.2.